The van der Waals surface area contributed by atoms with Crippen LogP contribution in [0.15, 0.2) is 29.1 Å². The summed E-state index contributed by atoms with van der Waals surface area (Å²) < 4.78 is 1.78. The van der Waals surface area contributed by atoms with Crippen molar-refractivity contribution >= 4 is 33.8 Å². The monoisotopic (exact) mass is 318 g/mol. The Morgan fingerprint density at radius 3 is 2.86 bits per heavy atom. The van der Waals surface area contributed by atoms with Gasteiger partial charge in [0, 0.05) is 10.9 Å². The maximum Gasteiger partial charge on any atom is 0.267 e. The Bertz CT molecular complexity index is 950. The summed E-state index contributed by atoms with van der Waals surface area (Å²) in [4.78, 5) is 17.8. The molecule has 21 heavy (non-hydrogen) atoms. The van der Waals surface area contributed by atoms with Gasteiger partial charge in [-0.15, -0.1) is 11.3 Å². The number of phenolic OH excluding ortho intramolecular Hbond substituents is 1. The van der Waals surface area contributed by atoms with Crippen molar-refractivity contribution in [2.75, 3.05) is 0 Å². The second-order valence-electron chi connectivity index (χ2n) is 4.85. The van der Waals surface area contributed by atoms with Gasteiger partial charge in [-0.2, -0.15) is 0 Å². The summed E-state index contributed by atoms with van der Waals surface area (Å²) in [5.74, 6) is 0.108. The third kappa shape index (κ3) is 2.30. The zero-order valence-electron chi connectivity index (χ0n) is 11.6. The molecule has 0 saturated heterocycles. The smallest absolute Gasteiger partial charge is 0.267 e. The van der Waals surface area contributed by atoms with Crippen molar-refractivity contribution < 1.29 is 5.11 Å². The predicted molar refractivity (Wildman–Crippen MR) is 88.4 cm³/mol. The number of nitrogens with zero attached hydrogens (tertiary/aromatic N) is 1. The molecule has 2 heterocycles. The van der Waals surface area contributed by atoms with E-state index in [1.807, 2.05) is 13.0 Å². The first-order valence-electron chi connectivity index (χ1n) is 6.59. The summed E-state index contributed by atoms with van der Waals surface area (Å²) in [6, 6.07) is 6.82. The first kappa shape index (κ1) is 14.0. The fourth-order valence-electron chi connectivity index (χ4n) is 2.29. The van der Waals surface area contributed by atoms with Crippen LogP contribution >= 0.6 is 23.6 Å². The molecular weight excluding hydrogens is 304 g/mol. The van der Waals surface area contributed by atoms with Crippen LogP contribution in [0.3, 0.4) is 0 Å². The fraction of sp³-hybridized carbons (Fsp3) is 0.200. The fourth-order valence-corrected chi connectivity index (χ4v) is 3.63. The highest BCUT2D eigenvalue weighted by atomic mass is 32.1. The van der Waals surface area contributed by atoms with E-state index in [4.69, 9.17) is 12.2 Å². The van der Waals surface area contributed by atoms with Gasteiger partial charge in [0.1, 0.15) is 10.6 Å². The van der Waals surface area contributed by atoms with Gasteiger partial charge in [-0.25, -0.2) is 0 Å². The van der Waals surface area contributed by atoms with Crippen molar-refractivity contribution in [3.8, 4) is 11.4 Å². The topological polar surface area (TPSA) is 58.0 Å². The number of H-pyrrole nitrogens is 1. The van der Waals surface area contributed by atoms with Crippen molar-refractivity contribution in [2.24, 2.45) is 0 Å². The number of rotatable bonds is 2. The third-order valence-electron chi connectivity index (χ3n) is 3.42. The van der Waals surface area contributed by atoms with Crippen LogP contribution in [0.25, 0.3) is 15.9 Å². The molecule has 0 aliphatic carbocycles. The molecule has 4 nitrogen and oxygen atoms in total. The van der Waals surface area contributed by atoms with Gasteiger partial charge in [-0.1, -0.05) is 13.0 Å². The van der Waals surface area contributed by atoms with E-state index in [0.29, 0.717) is 15.8 Å². The summed E-state index contributed by atoms with van der Waals surface area (Å²) >= 11 is 6.88. The van der Waals surface area contributed by atoms with E-state index in [2.05, 4.69) is 11.9 Å². The zero-order valence-corrected chi connectivity index (χ0v) is 13.3. The van der Waals surface area contributed by atoms with Crippen LogP contribution in [0.1, 0.15) is 17.4 Å². The van der Waals surface area contributed by atoms with E-state index in [1.54, 1.807) is 29.5 Å². The Morgan fingerprint density at radius 2 is 2.14 bits per heavy atom. The number of nitrogens with one attached hydrogen (secondary N) is 1. The van der Waals surface area contributed by atoms with Gasteiger partial charge in [0.2, 0.25) is 0 Å². The van der Waals surface area contributed by atoms with Crippen molar-refractivity contribution in [2.45, 2.75) is 20.3 Å². The number of benzene rings is 1. The van der Waals surface area contributed by atoms with Crippen LogP contribution in [0, 0.1) is 11.7 Å². The second kappa shape index (κ2) is 5.13. The normalized spacial score (nSPS) is 11.1. The number of phenols is 1. The maximum absolute atomic E-state index is 12.7. The van der Waals surface area contributed by atoms with E-state index >= 15 is 0 Å². The van der Waals surface area contributed by atoms with Crippen LogP contribution in [0.2, 0.25) is 0 Å². The molecule has 0 aliphatic rings. The van der Waals surface area contributed by atoms with Crippen molar-refractivity contribution in [1.82, 2.24) is 9.55 Å². The van der Waals surface area contributed by atoms with Gasteiger partial charge in [0.15, 0.2) is 4.77 Å². The molecule has 0 unspecified atom stereocenters. The lowest BCUT2D eigenvalue weighted by Gasteiger charge is -2.10. The number of aromatic hydroxyl groups is 1. The Labute approximate surface area is 130 Å². The second-order valence-corrected chi connectivity index (χ2v) is 6.37. The highest BCUT2D eigenvalue weighted by molar-refractivity contribution is 7.71. The van der Waals surface area contributed by atoms with E-state index in [0.717, 1.165) is 21.7 Å². The number of aryl methyl sites for hydroxylation is 2. The molecule has 6 heteroatoms. The molecule has 0 fully saturated rings. The molecule has 3 aromatic rings. The lowest BCUT2D eigenvalue weighted by atomic mass is 10.2. The van der Waals surface area contributed by atoms with Crippen molar-refractivity contribution in [3.05, 3.63) is 49.8 Å². The van der Waals surface area contributed by atoms with E-state index < -0.39 is 0 Å². The number of aromatic amines is 1. The lowest BCUT2D eigenvalue weighted by molar-refractivity contribution is 0.474. The first-order valence-corrected chi connectivity index (χ1v) is 7.81. The standard InChI is InChI=1S/C15H14N2O2S2/c1-3-10-7-11-13(21-10)16-15(20)17(14(11)19)12-6-9(18)5-4-8(12)2/h4-7,18H,3H2,1-2H3,(H,16,20). The van der Waals surface area contributed by atoms with Gasteiger partial charge in [0.05, 0.1) is 11.1 Å². The third-order valence-corrected chi connectivity index (χ3v) is 4.90. The molecular formula is C15H14N2O2S2. The number of hydrogen-bond donors (Lipinski definition) is 2. The Morgan fingerprint density at radius 1 is 1.38 bits per heavy atom. The summed E-state index contributed by atoms with van der Waals surface area (Å²) in [5, 5.41) is 10.3. The molecule has 0 radical (unpaired) electrons. The number of thiophene rings is 1. The zero-order chi connectivity index (χ0) is 15.1. The average Bonchev–Trinajstić information content (AvgIpc) is 2.86. The minimum absolute atomic E-state index is 0.108. The Kier molecular flexibility index (Phi) is 3.43. The van der Waals surface area contributed by atoms with Gasteiger partial charge >= 0.3 is 0 Å². The molecule has 0 aliphatic heterocycles. The highest BCUT2D eigenvalue weighted by Crippen LogP contribution is 2.24. The molecule has 2 aromatic heterocycles. The van der Waals surface area contributed by atoms with Gasteiger partial charge in [0.25, 0.3) is 5.56 Å². The van der Waals surface area contributed by atoms with Gasteiger partial charge in [-0.05, 0) is 43.3 Å². The van der Waals surface area contributed by atoms with Crippen molar-refractivity contribution in [3.63, 3.8) is 0 Å². The molecule has 0 saturated carbocycles. The predicted octanol–water partition coefficient (Wildman–Crippen LogP) is 3.69. The summed E-state index contributed by atoms with van der Waals surface area (Å²) in [6.07, 6.45) is 0.880. The SMILES string of the molecule is CCc1cc2c(=O)n(-c3cc(O)ccc3C)c(=S)[nH]c2s1. The molecule has 0 bridgehead atoms. The molecule has 2 N–H and O–H groups in total. The van der Waals surface area contributed by atoms with Crippen molar-refractivity contribution in [1.29, 1.82) is 0 Å². The van der Waals surface area contributed by atoms with Crippen LogP contribution in [0.5, 0.6) is 5.75 Å². The minimum atomic E-state index is -0.154. The van der Waals surface area contributed by atoms with Crippen LogP contribution < -0.4 is 5.56 Å². The van der Waals surface area contributed by atoms with Crippen LogP contribution in [-0.4, -0.2) is 14.7 Å². The maximum atomic E-state index is 12.7. The molecule has 1 aromatic carbocycles. The highest BCUT2D eigenvalue weighted by Gasteiger charge is 2.12. The summed E-state index contributed by atoms with van der Waals surface area (Å²) in [5.41, 5.74) is 1.32. The molecule has 108 valence electrons. The van der Waals surface area contributed by atoms with Crippen LogP contribution in [0.4, 0.5) is 0 Å². The quantitative estimate of drug-likeness (QED) is 0.709. The summed E-state index contributed by atoms with van der Waals surface area (Å²) in [6.45, 7) is 3.93. The van der Waals surface area contributed by atoms with Crippen LogP contribution in [-0.2, 0) is 6.42 Å². The summed E-state index contributed by atoms with van der Waals surface area (Å²) in [7, 11) is 0. The number of aromatic nitrogens is 2. The van der Waals surface area contributed by atoms with E-state index in [-0.39, 0.29) is 11.3 Å². The largest absolute Gasteiger partial charge is 0.508 e. The minimum Gasteiger partial charge on any atom is -0.508 e. The number of hydrogen-bond acceptors (Lipinski definition) is 4. The Hall–Kier alpha value is -1.92. The Balaban J connectivity index is 2.40. The van der Waals surface area contributed by atoms with E-state index in [1.165, 1.54) is 4.57 Å². The molecule has 0 amide bonds. The average molecular weight is 318 g/mol. The molecule has 0 atom stereocenters. The molecule has 0 spiro atoms. The lowest BCUT2D eigenvalue weighted by Crippen LogP contribution is -2.20. The van der Waals surface area contributed by atoms with Gasteiger partial charge in [-0.3, -0.25) is 9.36 Å². The number of fused-ring (bicyclic) bond motifs is 1. The van der Waals surface area contributed by atoms with Gasteiger partial charge < -0.3 is 10.1 Å². The van der Waals surface area contributed by atoms with E-state index in [9.17, 15) is 9.90 Å². The molecule has 3 rings (SSSR count). The first-order chi connectivity index (χ1) is 10.0.